The number of non-ortho nitro benzene ring substituents is 1. The average molecular weight is 456 g/mol. The molecule has 11 heteroatoms. The topological polar surface area (TPSA) is 135 Å². The van der Waals surface area contributed by atoms with Crippen LogP contribution in [0.4, 0.5) is 11.4 Å². The lowest BCUT2D eigenvalue weighted by molar-refractivity contribution is -0.384. The fraction of sp³-hybridized carbons (Fsp3) is 0.143. The fourth-order valence-electron chi connectivity index (χ4n) is 2.88. The third kappa shape index (κ3) is 5.58. The molecule has 1 amide bonds. The maximum atomic E-state index is 12.3. The number of aryl methyl sites for hydroxylation is 1. The van der Waals surface area contributed by atoms with Gasteiger partial charge in [-0.2, -0.15) is 5.10 Å². The van der Waals surface area contributed by atoms with E-state index in [0.717, 1.165) is 10.6 Å². The van der Waals surface area contributed by atoms with Gasteiger partial charge in [0.1, 0.15) is 18.1 Å². The van der Waals surface area contributed by atoms with Crippen molar-refractivity contribution in [3.05, 3.63) is 82.1 Å². The van der Waals surface area contributed by atoms with Crippen molar-refractivity contribution in [1.82, 2.24) is 5.43 Å². The first-order chi connectivity index (χ1) is 15.1. The third-order valence-electron chi connectivity index (χ3n) is 4.44. The molecule has 0 aliphatic carbocycles. The van der Waals surface area contributed by atoms with E-state index in [0.29, 0.717) is 28.3 Å². The molecule has 0 unspecified atom stereocenters. The molecule has 0 radical (unpaired) electrons. The number of anilines is 1. The van der Waals surface area contributed by atoms with Gasteiger partial charge in [-0.3, -0.25) is 19.2 Å². The number of nitrogens with one attached hydrogen (secondary N) is 1. The Morgan fingerprint density at radius 2 is 1.84 bits per heavy atom. The Labute approximate surface area is 184 Å². The molecular formula is C21H20N4O6S. The standard InChI is InChI=1S/C21H20N4O6S/c1-15-5-3-4-6-19(15)24(32(2,29)30)14-21(26)23-22-13-18-11-12-20(31-18)16-7-9-17(10-8-16)25(27)28/h3-13H,14H2,1-2H3,(H,23,26)/b22-13-. The molecule has 0 aliphatic rings. The van der Waals surface area contributed by atoms with Crippen molar-refractivity contribution >= 4 is 33.5 Å². The van der Waals surface area contributed by atoms with Crippen LogP contribution in [0.1, 0.15) is 11.3 Å². The Balaban J connectivity index is 1.65. The number of benzene rings is 2. The number of amides is 1. The van der Waals surface area contributed by atoms with Crippen molar-refractivity contribution in [2.75, 3.05) is 17.1 Å². The summed E-state index contributed by atoms with van der Waals surface area (Å²) in [5.74, 6) is 0.171. The quantitative estimate of drug-likeness (QED) is 0.314. The van der Waals surface area contributed by atoms with E-state index < -0.39 is 27.4 Å². The number of rotatable bonds is 8. The van der Waals surface area contributed by atoms with Crippen molar-refractivity contribution in [2.24, 2.45) is 5.10 Å². The van der Waals surface area contributed by atoms with Crippen molar-refractivity contribution in [2.45, 2.75) is 6.92 Å². The van der Waals surface area contributed by atoms with Crippen LogP contribution in [-0.4, -0.2) is 38.3 Å². The molecule has 32 heavy (non-hydrogen) atoms. The Hall–Kier alpha value is -3.99. The molecule has 0 atom stereocenters. The molecule has 1 N–H and O–H groups in total. The van der Waals surface area contributed by atoms with Crippen LogP contribution in [-0.2, 0) is 14.8 Å². The molecule has 0 saturated heterocycles. The minimum atomic E-state index is -3.69. The Kier molecular flexibility index (Phi) is 6.69. The van der Waals surface area contributed by atoms with Crippen LogP contribution >= 0.6 is 0 Å². The smallest absolute Gasteiger partial charge is 0.269 e. The molecule has 166 valence electrons. The Bertz CT molecular complexity index is 1270. The highest BCUT2D eigenvalue weighted by molar-refractivity contribution is 7.92. The summed E-state index contributed by atoms with van der Waals surface area (Å²) in [5.41, 5.74) is 4.01. The Morgan fingerprint density at radius 3 is 2.47 bits per heavy atom. The second-order valence-corrected chi connectivity index (χ2v) is 8.76. The summed E-state index contributed by atoms with van der Waals surface area (Å²) in [7, 11) is -3.69. The fourth-order valence-corrected chi connectivity index (χ4v) is 3.80. The number of carbonyl (C=O) groups is 1. The number of furan rings is 1. The first-order valence-corrected chi connectivity index (χ1v) is 11.2. The lowest BCUT2D eigenvalue weighted by Crippen LogP contribution is -2.39. The first kappa shape index (κ1) is 22.7. The number of hydrogen-bond acceptors (Lipinski definition) is 7. The van der Waals surface area contributed by atoms with Crippen molar-refractivity contribution in [3.8, 4) is 11.3 Å². The normalized spacial score (nSPS) is 11.4. The zero-order valence-electron chi connectivity index (χ0n) is 17.3. The van der Waals surface area contributed by atoms with Crippen LogP contribution in [0, 0.1) is 17.0 Å². The molecule has 1 aromatic heterocycles. The molecule has 10 nitrogen and oxygen atoms in total. The van der Waals surface area contributed by atoms with E-state index >= 15 is 0 Å². The number of nitro benzene ring substituents is 1. The van der Waals surface area contributed by atoms with Gasteiger partial charge in [-0.25, -0.2) is 13.8 Å². The van der Waals surface area contributed by atoms with Crippen molar-refractivity contribution in [3.63, 3.8) is 0 Å². The molecule has 0 bridgehead atoms. The van der Waals surface area contributed by atoms with Crippen molar-refractivity contribution in [1.29, 1.82) is 0 Å². The summed E-state index contributed by atoms with van der Waals surface area (Å²) in [6, 6.07) is 16.0. The van der Waals surface area contributed by atoms with E-state index in [9.17, 15) is 23.3 Å². The molecule has 0 spiro atoms. The van der Waals surface area contributed by atoms with Gasteiger partial charge in [0, 0.05) is 17.7 Å². The van der Waals surface area contributed by atoms with E-state index in [-0.39, 0.29) is 5.69 Å². The van der Waals surface area contributed by atoms with Gasteiger partial charge >= 0.3 is 0 Å². The maximum Gasteiger partial charge on any atom is 0.269 e. The zero-order chi connectivity index (χ0) is 23.3. The summed E-state index contributed by atoms with van der Waals surface area (Å²) < 4.78 is 30.9. The zero-order valence-corrected chi connectivity index (χ0v) is 18.1. The number of para-hydroxylation sites is 1. The summed E-state index contributed by atoms with van der Waals surface area (Å²) in [6.45, 7) is 1.32. The molecule has 1 heterocycles. The summed E-state index contributed by atoms with van der Waals surface area (Å²) in [4.78, 5) is 22.5. The van der Waals surface area contributed by atoms with Gasteiger partial charge in [0.2, 0.25) is 10.0 Å². The van der Waals surface area contributed by atoms with Gasteiger partial charge in [-0.05, 0) is 42.8 Å². The van der Waals surface area contributed by atoms with Gasteiger partial charge in [0.25, 0.3) is 11.6 Å². The second kappa shape index (κ2) is 9.43. The van der Waals surface area contributed by atoms with Gasteiger partial charge in [0.15, 0.2) is 0 Å². The number of nitro groups is 1. The highest BCUT2D eigenvalue weighted by Crippen LogP contribution is 2.24. The number of hydrazone groups is 1. The monoisotopic (exact) mass is 456 g/mol. The molecule has 0 saturated carbocycles. The van der Waals surface area contributed by atoms with Gasteiger partial charge in [0.05, 0.1) is 23.1 Å². The Morgan fingerprint density at radius 1 is 1.16 bits per heavy atom. The highest BCUT2D eigenvalue weighted by Gasteiger charge is 2.22. The van der Waals surface area contributed by atoms with Gasteiger partial charge in [-0.1, -0.05) is 18.2 Å². The molecule has 3 rings (SSSR count). The lowest BCUT2D eigenvalue weighted by atomic mass is 10.1. The minimum Gasteiger partial charge on any atom is -0.455 e. The molecule has 3 aromatic rings. The van der Waals surface area contributed by atoms with E-state index in [4.69, 9.17) is 4.42 Å². The number of sulfonamides is 1. The van der Waals surface area contributed by atoms with Crippen LogP contribution in [0.25, 0.3) is 11.3 Å². The van der Waals surface area contributed by atoms with Gasteiger partial charge in [-0.15, -0.1) is 0 Å². The first-order valence-electron chi connectivity index (χ1n) is 9.35. The molecule has 2 aromatic carbocycles. The van der Waals surface area contributed by atoms with Crippen LogP contribution < -0.4 is 9.73 Å². The summed E-state index contributed by atoms with van der Waals surface area (Å²) in [5, 5.41) is 14.5. The van der Waals surface area contributed by atoms with Gasteiger partial charge < -0.3 is 4.42 Å². The SMILES string of the molecule is Cc1ccccc1N(CC(=O)N/N=C\c1ccc(-c2ccc([N+](=O)[O-])cc2)o1)S(C)(=O)=O. The van der Waals surface area contributed by atoms with E-state index in [1.54, 1.807) is 55.5 Å². The van der Waals surface area contributed by atoms with Crippen LogP contribution in [0.3, 0.4) is 0 Å². The summed E-state index contributed by atoms with van der Waals surface area (Å²) >= 11 is 0. The van der Waals surface area contributed by atoms with E-state index in [1.807, 2.05) is 0 Å². The largest absolute Gasteiger partial charge is 0.455 e. The van der Waals surface area contributed by atoms with Crippen LogP contribution in [0.5, 0.6) is 0 Å². The van der Waals surface area contributed by atoms with Crippen LogP contribution in [0.2, 0.25) is 0 Å². The highest BCUT2D eigenvalue weighted by atomic mass is 32.2. The number of nitrogens with zero attached hydrogens (tertiary/aromatic N) is 3. The summed E-state index contributed by atoms with van der Waals surface area (Å²) in [6.07, 6.45) is 2.30. The van der Waals surface area contributed by atoms with E-state index in [2.05, 4.69) is 10.5 Å². The molecule has 0 aliphatic heterocycles. The number of hydrogen-bond donors (Lipinski definition) is 1. The van der Waals surface area contributed by atoms with Crippen molar-refractivity contribution < 1.29 is 22.6 Å². The van der Waals surface area contributed by atoms with E-state index in [1.165, 1.54) is 18.3 Å². The number of carbonyl (C=O) groups excluding carboxylic acids is 1. The average Bonchev–Trinajstić information content (AvgIpc) is 3.21. The predicted molar refractivity (Wildman–Crippen MR) is 120 cm³/mol. The van der Waals surface area contributed by atoms with Crippen LogP contribution in [0.15, 0.2) is 70.2 Å². The third-order valence-corrected chi connectivity index (χ3v) is 5.57. The maximum absolute atomic E-state index is 12.3. The lowest BCUT2D eigenvalue weighted by Gasteiger charge is -2.22. The predicted octanol–water partition coefficient (Wildman–Crippen LogP) is 3.08. The second-order valence-electron chi connectivity index (χ2n) is 6.86. The molecule has 0 fully saturated rings. The minimum absolute atomic E-state index is 0.0290. The molecular weight excluding hydrogens is 436 g/mol.